The van der Waals surface area contributed by atoms with Crippen molar-refractivity contribution < 1.29 is 72.6 Å². The second-order valence-electron chi connectivity index (χ2n) is 0.0745. The van der Waals surface area contributed by atoms with Gasteiger partial charge in [-0.15, -0.1) is 0 Å². The van der Waals surface area contributed by atoms with Gasteiger partial charge in [-0.2, -0.15) is 0 Å². The molecular formula is HMo2Ni2S2. The first-order chi connectivity index (χ1) is 1.41. The molecule has 0 atom stereocenters. The molecule has 0 bridgehead atoms. The van der Waals surface area contributed by atoms with Crippen LogP contribution >= 0.6 is 20.2 Å². The normalized spacial score (nSPS) is 2.83. The molecule has 0 N–H and O–H groups in total. The van der Waals surface area contributed by atoms with Gasteiger partial charge in [0.2, 0.25) is 0 Å². The second kappa shape index (κ2) is 24.4. The quantitative estimate of drug-likeness (QED) is 0.375. The van der Waals surface area contributed by atoms with Crippen LogP contribution in [-0.4, -0.2) is 0 Å². The third kappa shape index (κ3) is 27.7. The molecule has 0 saturated heterocycles. The average Bonchev–Trinajstić information content (AvgIpc) is 0.918. The Hall–Kier alpha value is 3.06. The molecule has 0 aromatic rings. The molecule has 0 saturated carbocycles. The summed E-state index contributed by atoms with van der Waals surface area (Å²) in [7, 11) is 1.45. The Morgan fingerprint density at radius 2 is 1.33 bits per heavy atom. The monoisotopic (exact) mass is 377 g/mol. The largest absolute Gasteiger partial charge is 0 e. The van der Waals surface area contributed by atoms with E-state index < -0.39 is 0 Å². The Morgan fingerprint density at radius 3 is 1.33 bits per heavy atom. The fraction of sp³-hybridized carbons (Fsp3) is 0. The molecule has 6 heavy (non-hydrogen) atoms. The first-order valence-corrected chi connectivity index (χ1v) is 4.60. The van der Waals surface area contributed by atoms with E-state index in [-0.39, 0.29) is 54.0 Å². The predicted octanol–water partition coefficient (Wildman–Crippen LogP) is 1.02. The molecule has 0 aliphatic rings. The van der Waals surface area contributed by atoms with E-state index in [1.165, 1.54) is 8.50 Å². The standard InChI is InChI=1S/2Mo.2Ni.H2S2/c;;;;1-2/h;;;;1-2H/q;+1;;;/p-1. The van der Waals surface area contributed by atoms with E-state index >= 15 is 0 Å². The molecule has 6 heteroatoms. The van der Waals surface area contributed by atoms with Gasteiger partial charge in [0.05, 0.1) is 0 Å². The Labute approximate surface area is 91.3 Å². The van der Waals surface area contributed by atoms with Crippen LogP contribution in [0.5, 0.6) is 0 Å². The van der Waals surface area contributed by atoms with E-state index in [9.17, 15) is 0 Å². The Balaban J connectivity index is -0.00000000667. The van der Waals surface area contributed by atoms with E-state index in [0.29, 0.717) is 0 Å². The third-order valence-electron chi connectivity index (χ3n) is 0. The van der Waals surface area contributed by atoms with Gasteiger partial charge in [-0.25, -0.2) is 0 Å². The van der Waals surface area contributed by atoms with Crippen molar-refractivity contribution in [3.05, 3.63) is 0 Å². The number of hydrogen-bond donors (Lipinski definition) is 1. The molecule has 0 nitrogen and oxygen atoms in total. The third-order valence-corrected chi connectivity index (χ3v) is 0. The van der Waals surface area contributed by atoms with Crippen LogP contribution in [0.3, 0.4) is 0 Å². The Morgan fingerprint density at radius 1 is 1.33 bits per heavy atom. The summed E-state index contributed by atoms with van der Waals surface area (Å²) in [5, 5.41) is 0. The van der Waals surface area contributed by atoms with Crippen LogP contribution in [0.15, 0.2) is 0 Å². The van der Waals surface area contributed by atoms with Crippen LogP contribution in [0, 0.1) is 0 Å². The van der Waals surface area contributed by atoms with Gasteiger partial charge in [-0.3, -0.25) is 0 Å². The van der Waals surface area contributed by atoms with Crippen molar-refractivity contribution >= 4 is 20.2 Å². The molecule has 45 valence electrons. The van der Waals surface area contributed by atoms with Crippen molar-refractivity contribution in [2.24, 2.45) is 0 Å². The maximum Gasteiger partial charge on any atom is 0 e. The summed E-state index contributed by atoms with van der Waals surface area (Å²) in [6, 6.07) is 0. The van der Waals surface area contributed by atoms with Crippen molar-refractivity contribution in [1.82, 2.24) is 0 Å². The van der Waals surface area contributed by atoms with Crippen LogP contribution in [-0.2, 0) is 72.6 Å². The van der Waals surface area contributed by atoms with Crippen LogP contribution in [0.25, 0.3) is 0 Å². The van der Waals surface area contributed by atoms with Crippen LogP contribution < -0.4 is 0 Å². The average molecular weight is 374 g/mol. The van der Waals surface area contributed by atoms with Gasteiger partial charge in [-0.1, -0.05) is 0 Å². The van der Waals surface area contributed by atoms with Gasteiger partial charge in [0.15, 0.2) is 0 Å². The summed E-state index contributed by atoms with van der Waals surface area (Å²) < 4.78 is 0. The van der Waals surface area contributed by atoms with Crippen LogP contribution in [0.1, 0.15) is 0 Å². The first kappa shape index (κ1) is 23.0. The summed E-state index contributed by atoms with van der Waals surface area (Å²) in [5.74, 6) is 0. The zero-order valence-corrected chi connectivity index (χ0v) is 10.0. The molecular weight excluding hydrogens is 373 g/mol. The number of hydrogen-bond acceptors (Lipinski definition) is 2. The first-order valence-electron chi connectivity index (χ1n) is 0.349. The minimum atomic E-state index is 0. The molecule has 0 radical (unpaired) electrons. The molecule has 0 spiro atoms. The fourth-order valence-corrected chi connectivity index (χ4v) is 0. The summed E-state index contributed by atoms with van der Waals surface area (Å²) in [5.41, 5.74) is 0. The summed E-state index contributed by atoms with van der Waals surface area (Å²) in [6.45, 7) is 0. The maximum atomic E-state index is 3.71. The number of rotatable bonds is 0. The molecule has 0 fully saturated rings. The van der Waals surface area contributed by atoms with E-state index in [2.05, 4.69) is 11.7 Å². The summed E-state index contributed by atoms with van der Waals surface area (Å²) in [4.78, 5) is 0. The van der Waals surface area contributed by atoms with Gasteiger partial charge in [0.25, 0.3) is 0 Å². The maximum absolute atomic E-state index is 3.71. The van der Waals surface area contributed by atoms with Crippen molar-refractivity contribution in [3.63, 3.8) is 0 Å². The van der Waals surface area contributed by atoms with Gasteiger partial charge < -0.3 is 0 Å². The van der Waals surface area contributed by atoms with Crippen LogP contribution in [0.2, 0.25) is 0 Å². The van der Waals surface area contributed by atoms with Crippen molar-refractivity contribution in [2.75, 3.05) is 0 Å². The SMILES string of the molecule is S[S][Mo].[Mo].[Ni].[Ni]. The zero-order valence-electron chi connectivity index (χ0n) is 2.30. The van der Waals surface area contributed by atoms with Gasteiger partial charge in [0, 0.05) is 54.0 Å². The van der Waals surface area contributed by atoms with Crippen molar-refractivity contribution in [2.45, 2.75) is 0 Å². The van der Waals surface area contributed by atoms with Gasteiger partial charge >= 0.3 is 38.7 Å². The van der Waals surface area contributed by atoms with E-state index in [4.69, 9.17) is 0 Å². The molecule has 0 aliphatic heterocycles. The second-order valence-corrected chi connectivity index (χ2v) is 3.97. The zero-order chi connectivity index (χ0) is 2.71. The molecule has 0 aromatic carbocycles. The molecule has 0 unspecified atom stereocenters. The minimum absolute atomic E-state index is 0. The fourth-order valence-electron chi connectivity index (χ4n) is 0. The van der Waals surface area contributed by atoms with E-state index in [1.807, 2.05) is 18.5 Å². The van der Waals surface area contributed by atoms with E-state index in [0.717, 1.165) is 0 Å². The van der Waals surface area contributed by atoms with Gasteiger partial charge in [0.1, 0.15) is 0 Å². The Bertz CT molecular complexity index is 9.51. The summed E-state index contributed by atoms with van der Waals surface area (Å²) >= 11 is 5.56. The molecule has 0 aromatic heterocycles. The van der Waals surface area contributed by atoms with E-state index in [1.54, 1.807) is 0 Å². The number of thiol groups is 1. The topological polar surface area (TPSA) is 0 Å². The predicted molar refractivity (Wildman–Crippen MR) is 16.6 cm³/mol. The smallest absolute Gasteiger partial charge is 0 e. The minimum Gasteiger partial charge on any atom is 0 e. The molecule has 0 aliphatic carbocycles. The van der Waals surface area contributed by atoms with Crippen molar-refractivity contribution in [1.29, 1.82) is 0 Å². The summed E-state index contributed by atoms with van der Waals surface area (Å²) in [6.07, 6.45) is 0. The molecule has 0 rings (SSSR count). The van der Waals surface area contributed by atoms with Crippen molar-refractivity contribution in [3.8, 4) is 0 Å². The molecule has 0 amide bonds. The molecule has 0 heterocycles. The van der Waals surface area contributed by atoms with Gasteiger partial charge in [-0.05, 0) is 0 Å². The van der Waals surface area contributed by atoms with Crippen LogP contribution in [0.4, 0.5) is 0 Å². The Kier molecular flexibility index (Phi) is 93.3.